The summed E-state index contributed by atoms with van der Waals surface area (Å²) in [5.41, 5.74) is 1.26. The van der Waals surface area contributed by atoms with Crippen LogP contribution in [0.4, 0.5) is 9.93 Å². The van der Waals surface area contributed by atoms with E-state index in [2.05, 4.69) is 14.9 Å². The Balaban J connectivity index is 1.20. The molecule has 4 aromatic rings. The molecular weight excluding hydrogens is 671 g/mol. The number of benzene rings is 1. The van der Waals surface area contributed by atoms with E-state index in [4.69, 9.17) is 42.1 Å². The second-order valence-corrected chi connectivity index (χ2v) is 13.9. The largest absolute Gasteiger partial charge is 0.493 e. The number of carbonyl (C=O) groups is 2. The van der Waals surface area contributed by atoms with Crippen LogP contribution in [0.3, 0.4) is 0 Å². The molecule has 0 saturated carbocycles. The van der Waals surface area contributed by atoms with Gasteiger partial charge in [-0.25, -0.2) is 19.5 Å². The number of amides is 1. The summed E-state index contributed by atoms with van der Waals surface area (Å²) in [7, 11) is 3.08. The summed E-state index contributed by atoms with van der Waals surface area (Å²) in [5.74, 6) is 0.869. The number of esters is 1. The van der Waals surface area contributed by atoms with E-state index in [1.54, 1.807) is 37.6 Å². The van der Waals surface area contributed by atoms with Crippen molar-refractivity contribution in [3.05, 3.63) is 85.2 Å². The maximum Gasteiger partial charge on any atom is 0.416 e. The van der Waals surface area contributed by atoms with Crippen LogP contribution in [0, 0.1) is 5.92 Å². The summed E-state index contributed by atoms with van der Waals surface area (Å²) in [5, 5.41) is 3.07. The van der Waals surface area contributed by atoms with Gasteiger partial charge in [0.1, 0.15) is 17.1 Å². The van der Waals surface area contributed by atoms with E-state index in [0.29, 0.717) is 48.6 Å². The first-order valence-electron chi connectivity index (χ1n) is 14.7. The molecule has 3 aliphatic rings. The molecule has 3 saturated heterocycles. The number of carbonyl (C=O) groups excluding carboxylic acids is 2. The highest BCUT2D eigenvalue weighted by Gasteiger charge is 2.38. The average Bonchev–Trinajstić information content (AvgIpc) is 3.78. The molecule has 0 radical (unpaired) electrons. The molecule has 10 nitrogen and oxygen atoms in total. The Labute approximate surface area is 284 Å². The van der Waals surface area contributed by atoms with Crippen LogP contribution >= 0.6 is 45.9 Å². The molecule has 1 amide bonds. The second kappa shape index (κ2) is 14.6. The van der Waals surface area contributed by atoms with Gasteiger partial charge in [0.2, 0.25) is 0 Å². The number of pyridine rings is 1. The highest BCUT2D eigenvalue weighted by atomic mass is 35.5. The molecule has 3 aromatic heterocycles. The number of anilines is 1. The first kappa shape index (κ1) is 32.5. The van der Waals surface area contributed by atoms with Crippen molar-refractivity contribution in [2.24, 2.45) is 5.92 Å². The van der Waals surface area contributed by atoms with Crippen LogP contribution in [0.1, 0.15) is 44.6 Å². The molecule has 46 heavy (non-hydrogen) atoms. The molecule has 242 valence electrons. The number of fused-ring (bicyclic) bond motifs is 3. The Morgan fingerprint density at radius 3 is 2.48 bits per heavy atom. The van der Waals surface area contributed by atoms with Gasteiger partial charge in [-0.15, -0.1) is 22.7 Å². The van der Waals surface area contributed by atoms with Gasteiger partial charge in [-0.3, -0.25) is 9.88 Å². The van der Waals surface area contributed by atoms with Gasteiger partial charge in [-0.2, -0.15) is 0 Å². The van der Waals surface area contributed by atoms with Crippen molar-refractivity contribution in [1.29, 1.82) is 0 Å². The second-order valence-electron chi connectivity index (χ2n) is 11.0. The van der Waals surface area contributed by atoms with Crippen molar-refractivity contribution in [3.8, 4) is 11.5 Å². The Morgan fingerprint density at radius 1 is 1.07 bits per heavy atom. The molecule has 3 aliphatic heterocycles. The minimum Gasteiger partial charge on any atom is -0.493 e. The number of nitrogens with zero attached hydrogens (tertiary/aromatic N) is 4. The molecule has 0 spiro atoms. The van der Waals surface area contributed by atoms with Crippen molar-refractivity contribution in [2.45, 2.75) is 38.0 Å². The maximum absolute atomic E-state index is 13.6. The number of thiazole rings is 1. The Hall–Kier alpha value is -3.42. The monoisotopic (exact) mass is 702 g/mol. The number of thiophene rings is 1. The van der Waals surface area contributed by atoms with E-state index >= 15 is 0 Å². The topological polar surface area (TPSA) is 103 Å². The summed E-state index contributed by atoms with van der Waals surface area (Å²) >= 11 is 15.5. The number of piperidine rings is 3. The summed E-state index contributed by atoms with van der Waals surface area (Å²) in [6, 6.07) is 8.81. The van der Waals surface area contributed by atoms with Crippen molar-refractivity contribution < 1.29 is 28.5 Å². The number of halogens is 2. The summed E-state index contributed by atoms with van der Waals surface area (Å²) in [4.78, 5) is 40.5. The normalized spacial score (nSPS) is 19.3. The van der Waals surface area contributed by atoms with Crippen molar-refractivity contribution >= 4 is 63.1 Å². The number of hydrogen-bond acceptors (Lipinski definition) is 11. The molecule has 0 N–H and O–H groups in total. The van der Waals surface area contributed by atoms with Gasteiger partial charge in [-0.1, -0.05) is 29.3 Å². The summed E-state index contributed by atoms with van der Waals surface area (Å²) in [6.07, 6.45) is 5.58. The zero-order valence-electron chi connectivity index (χ0n) is 25.2. The number of aromatic nitrogens is 2. The van der Waals surface area contributed by atoms with Crippen molar-refractivity contribution in [3.63, 3.8) is 0 Å². The zero-order chi connectivity index (χ0) is 32.2. The molecule has 6 heterocycles. The molecule has 0 aliphatic carbocycles. The summed E-state index contributed by atoms with van der Waals surface area (Å²) < 4.78 is 23.0. The molecule has 7 rings (SSSR count). The third-order valence-electron chi connectivity index (χ3n) is 8.27. The quantitative estimate of drug-likeness (QED) is 0.149. The van der Waals surface area contributed by atoms with E-state index in [1.807, 2.05) is 11.4 Å². The molecular formula is C32H32Cl2N4O6S2. The average molecular weight is 704 g/mol. The zero-order valence-corrected chi connectivity index (χ0v) is 28.3. The maximum atomic E-state index is 13.6. The molecule has 2 bridgehead atoms. The lowest BCUT2D eigenvalue weighted by Crippen LogP contribution is -2.53. The van der Waals surface area contributed by atoms with Crippen LogP contribution in [0.2, 0.25) is 10.0 Å². The Kier molecular flexibility index (Phi) is 10.3. The van der Waals surface area contributed by atoms with E-state index in [1.165, 1.54) is 47.1 Å². The van der Waals surface area contributed by atoms with E-state index in [0.717, 1.165) is 37.4 Å². The molecule has 0 unspecified atom stereocenters. The van der Waals surface area contributed by atoms with Gasteiger partial charge < -0.3 is 18.9 Å². The number of ether oxygens (including phenoxy) is 4. The predicted octanol–water partition coefficient (Wildman–Crippen LogP) is 7.30. The van der Waals surface area contributed by atoms with E-state index in [9.17, 15) is 9.59 Å². The fraction of sp³-hybridized carbons (Fsp3) is 0.375. The van der Waals surface area contributed by atoms with Crippen LogP contribution in [-0.4, -0.2) is 66.9 Å². The highest BCUT2D eigenvalue weighted by Crippen LogP contribution is 2.36. The minimum absolute atomic E-state index is 0.137. The van der Waals surface area contributed by atoms with E-state index in [-0.39, 0.29) is 19.1 Å². The Morgan fingerprint density at radius 2 is 1.83 bits per heavy atom. The van der Waals surface area contributed by atoms with Crippen molar-refractivity contribution in [1.82, 2.24) is 14.9 Å². The SMILES string of the molecule is COc1ccc([C@H](Cc2c(Cl)cncc2Cl)OC(=O)c2ccc(CN(C(=O)O[C@H]3CN4CCC3CC4)c3nccs3)s2)cc1OC. The van der Waals surface area contributed by atoms with Crippen LogP contribution in [0.5, 0.6) is 11.5 Å². The van der Waals surface area contributed by atoms with Gasteiger partial charge in [0, 0.05) is 41.8 Å². The van der Waals surface area contributed by atoms with Gasteiger partial charge in [0.15, 0.2) is 16.6 Å². The summed E-state index contributed by atoms with van der Waals surface area (Å²) in [6.45, 7) is 3.07. The lowest BCUT2D eigenvalue weighted by molar-refractivity contribution is -0.0311. The van der Waals surface area contributed by atoms with Crippen molar-refractivity contribution in [2.75, 3.05) is 38.8 Å². The van der Waals surface area contributed by atoms with Crippen LogP contribution in [0.15, 0.2) is 54.3 Å². The lowest BCUT2D eigenvalue weighted by Gasteiger charge is -2.44. The standard InChI is InChI=1S/C32H32Cl2N4O6S2/c1-41-25-5-3-20(13-27(25)42-2)26(14-22-23(33)15-35-16-24(22)34)43-30(39)29-6-4-21(46-29)17-38(31-36-9-12-45-31)32(40)44-28-18-37-10-7-19(28)8-11-37/h3-6,9,12-13,15-16,19,26,28H,7-8,10-11,14,17-18H2,1-2H3/t26-,28-/m0/s1. The number of rotatable bonds is 11. The van der Waals surface area contributed by atoms with Crippen LogP contribution < -0.4 is 14.4 Å². The molecule has 3 fully saturated rings. The number of hydrogen-bond donors (Lipinski definition) is 0. The molecule has 14 heteroatoms. The van der Waals surface area contributed by atoms with Crippen LogP contribution in [-0.2, 0) is 22.4 Å². The molecule has 1 aromatic carbocycles. The van der Waals surface area contributed by atoms with Gasteiger partial charge in [-0.05, 0) is 67.2 Å². The first-order chi connectivity index (χ1) is 22.3. The Bertz CT molecular complexity index is 1660. The third-order valence-corrected chi connectivity index (χ3v) is 10.8. The fourth-order valence-corrected chi connectivity index (χ4v) is 7.84. The fourth-order valence-electron chi connectivity index (χ4n) is 5.81. The third kappa shape index (κ3) is 7.26. The highest BCUT2D eigenvalue weighted by molar-refractivity contribution is 7.14. The lowest BCUT2D eigenvalue weighted by atomic mass is 9.86. The van der Waals surface area contributed by atoms with Gasteiger partial charge >= 0.3 is 12.1 Å². The number of methoxy groups -OCH3 is 2. The van der Waals surface area contributed by atoms with Gasteiger partial charge in [0.25, 0.3) is 0 Å². The van der Waals surface area contributed by atoms with Crippen LogP contribution in [0.25, 0.3) is 0 Å². The first-order valence-corrected chi connectivity index (χ1v) is 17.2. The smallest absolute Gasteiger partial charge is 0.416 e. The van der Waals surface area contributed by atoms with Gasteiger partial charge in [0.05, 0.1) is 30.8 Å². The predicted molar refractivity (Wildman–Crippen MR) is 178 cm³/mol. The minimum atomic E-state index is -0.765. The van der Waals surface area contributed by atoms with E-state index < -0.39 is 18.2 Å². The molecule has 2 atom stereocenters.